The van der Waals surface area contributed by atoms with Crippen LogP contribution in [0.4, 0.5) is 0 Å². The zero-order chi connectivity index (χ0) is 11.7. The summed E-state index contributed by atoms with van der Waals surface area (Å²) in [5.41, 5.74) is 0. The lowest BCUT2D eigenvalue weighted by Gasteiger charge is -2.14. The van der Waals surface area contributed by atoms with Crippen LogP contribution in [0.15, 0.2) is 12.7 Å². The summed E-state index contributed by atoms with van der Waals surface area (Å²) in [6.07, 6.45) is 1.21. The van der Waals surface area contributed by atoms with Gasteiger partial charge in [0, 0.05) is 13.0 Å². The van der Waals surface area contributed by atoms with E-state index in [-0.39, 0.29) is 12.2 Å². The molecule has 1 atom stereocenters. The number of carbonyl (C=O) groups is 2. The monoisotopic (exact) mass is 214 g/mol. The van der Waals surface area contributed by atoms with Gasteiger partial charge in [0.2, 0.25) is 0 Å². The number of ether oxygens (including phenoxy) is 2. The van der Waals surface area contributed by atoms with Crippen LogP contribution in [0, 0.1) is 0 Å². The molecule has 4 nitrogen and oxygen atoms in total. The molecule has 1 unspecified atom stereocenters. The summed E-state index contributed by atoms with van der Waals surface area (Å²) in [5, 5.41) is 0. The van der Waals surface area contributed by atoms with E-state index in [0.29, 0.717) is 19.6 Å². The quantitative estimate of drug-likeness (QED) is 0.453. The van der Waals surface area contributed by atoms with Crippen LogP contribution in [0.25, 0.3) is 0 Å². The lowest BCUT2D eigenvalue weighted by molar-refractivity contribution is -0.157. The van der Waals surface area contributed by atoms with Crippen LogP contribution in [0.1, 0.15) is 26.7 Å². The van der Waals surface area contributed by atoms with Crippen LogP contribution in [0.3, 0.4) is 0 Å². The van der Waals surface area contributed by atoms with Gasteiger partial charge in [0.15, 0.2) is 11.9 Å². The van der Waals surface area contributed by atoms with Crippen molar-refractivity contribution >= 4 is 11.8 Å². The Morgan fingerprint density at radius 1 is 1.33 bits per heavy atom. The van der Waals surface area contributed by atoms with Crippen LogP contribution in [-0.4, -0.2) is 31.1 Å². The number of hydrogen-bond donors (Lipinski definition) is 0. The highest BCUT2D eigenvalue weighted by molar-refractivity contribution is 5.89. The van der Waals surface area contributed by atoms with Crippen LogP contribution < -0.4 is 0 Å². The van der Waals surface area contributed by atoms with Gasteiger partial charge in [-0.1, -0.05) is 6.58 Å². The molecule has 0 heterocycles. The van der Waals surface area contributed by atoms with Crippen LogP contribution in [0.2, 0.25) is 0 Å². The highest BCUT2D eigenvalue weighted by atomic mass is 16.6. The van der Waals surface area contributed by atoms with E-state index in [1.807, 2.05) is 0 Å². The number of allylic oxidation sites excluding steroid dienone is 1. The highest BCUT2D eigenvalue weighted by Crippen LogP contribution is 2.06. The molecule has 4 heteroatoms. The maximum atomic E-state index is 11.3. The van der Waals surface area contributed by atoms with Gasteiger partial charge in [0.05, 0.1) is 6.61 Å². The summed E-state index contributed by atoms with van der Waals surface area (Å²) in [4.78, 5) is 22.3. The molecule has 0 saturated carbocycles. The van der Waals surface area contributed by atoms with E-state index in [1.165, 1.54) is 6.08 Å². The third-order valence-corrected chi connectivity index (χ3v) is 1.80. The van der Waals surface area contributed by atoms with Crippen molar-refractivity contribution in [3.63, 3.8) is 0 Å². The molecular weight excluding hydrogens is 196 g/mol. The fourth-order valence-electron chi connectivity index (χ4n) is 1.08. The van der Waals surface area contributed by atoms with E-state index in [0.717, 1.165) is 0 Å². The largest absolute Gasteiger partial charge is 0.464 e. The zero-order valence-corrected chi connectivity index (χ0v) is 9.32. The lowest BCUT2D eigenvalue weighted by Crippen LogP contribution is -2.27. The molecule has 0 aliphatic heterocycles. The van der Waals surface area contributed by atoms with E-state index in [9.17, 15) is 9.59 Å². The molecule has 0 fully saturated rings. The second-order valence-corrected chi connectivity index (χ2v) is 2.91. The van der Waals surface area contributed by atoms with Crippen molar-refractivity contribution < 1.29 is 19.1 Å². The number of ketones is 1. The first kappa shape index (κ1) is 13.8. The van der Waals surface area contributed by atoms with Gasteiger partial charge >= 0.3 is 5.97 Å². The summed E-state index contributed by atoms with van der Waals surface area (Å²) in [6, 6.07) is 0. The fourth-order valence-corrected chi connectivity index (χ4v) is 1.08. The zero-order valence-electron chi connectivity index (χ0n) is 9.32. The SMILES string of the molecule is C=CC(=O)CCC(OCC)C(=O)OCC. The molecule has 0 bridgehead atoms. The van der Waals surface area contributed by atoms with Crippen molar-refractivity contribution in [2.75, 3.05) is 13.2 Å². The van der Waals surface area contributed by atoms with Gasteiger partial charge in [0.1, 0.15) is 0 Å². The molecule has 0 aliphatic carbocycles. The lowest BCUT2D eigenvalue weighted by atomic mass is 10.1. The molecule has 0 saturated heterocycles. The van der Waals surface area contributed by atoms with Gasteiger partial charge < -0.3 is 9.47 Å². The molecule has 0 radical (unpaired) electrons. The van der Waals surface area contributed by atoms with Crippen LogP contribution >= 0.6 is 0 Å². The van der Waals surface area contributed by atoms with Crippen molar-refractivity contribution in [1.29, 1.82) is 0 Å². The molecule has 0 aromatic carbocycles. The van der Waals surface area contributed by atoms with E-state index < -0.39 is 12.1 Å². The Labute approximate surface area is 90.2 Å². The predicted octanol–water partition coefficient (Wildman–Crippen LogP) is 1.49. The average molecular weight is 214 g/mol. The summed E-state index contributed by atoms with van der Waals surface area (Å²) < 4.78 is 10.0. The van der Waals surface area contributed by atoms with Gasteiger partial charge in [-0.05, 0) is 26.3 Å². The maximum absolute atomic E-state index is 11.3. The molecular formula is C11H18O4. The Balaban J connectivity index is 4.08. The van der Waals surface area contributed by atoms with Crippen LogP contribution in [-0.2, 0) is 19.1 Å². The average Bonchev–Trinajstić information content (AvgIpc) is 2.23. The Kier molecular flexibility index (Phi) is 7.54. The molecule has 0 spiro atoms. The van der Waals surface area contributed by atoms with Gasteiger partial charge in [0.25, 0.3) is 0 Å². The summed E-state index contributed by atoms with van der Waals surface area (Å²) in [6.45, 7) is 7.62. The van der Waals surface area contributed by atoms with Gasteiger partial charge in [-0.2, -0.15) is 0 Å². The Hall–Kier alpha value is -1.16. The maximum Gasteiger partial charge on any atom is 0.335 e. The molecule has 0 aromatic heterocycles. The Morgan fingerprint density at radius 3 is 2.47 bits per heavy atom. The van der Waals surface area contributed by atoms with E-state index in [2.05, 4.69) is 6.58 Å². The molecule has 0 aromatic rings. The first-order chi connectivity index (χ1) is 7.15. The first-order valence-corrected chi connectivity index (χ1v) is 5.09. The normalized spacial score (nSPS) is 11.9. The summed E-state index contributed by atoms with van der Waals surface area (Å²) in [7, 11) is 0. The van der Waals surface area contributed by atoms with Crippen molar-refractivity contribution in [3.8, 4) is 0 Å². The van der Waals surface area contributed by atoms with E-state index in [1.54, 1.807) is 13.8 Å². The standard InChI is InChI=1S/C11H18O4/c1-4-9(12)7-8-10(14-5-2)11(13)15-6-3/h4,10H,1,5-8H2,2-3H3. The number of rotatable bonds is 8. The second kappa shape index (κ2) is 8.17. The smallest absolute Gasteiger partial charge is 0.335 e. The molecule has 86 valence electrons. The topological polar surface area (TPSA) is 52.6 Å². The number of esters is 1. The summed E-state index contributed by atoms with van der Waals surface area (Å²) in [5.74, 6) is -0.500. The highest BCUT2D eigenvalue weighted by Gasteiger charge is 2.20. The van der Waals surface area contributed by atoms with E-state index in [4.69, 9.17) is 9.47 Å². The molecule has 0 N–H and O–H groups in total. The molecule has 15 heavy (non-hydrogen) atoms. The Morgan fingerprint density at radius 2 is 2.00 bits per heavy atom. The van der Waals surface area contributed by atoms with Gasteiger partial charge in [-0.15, -0.1) is 0 Å². The van der Waals surface area contributed by atoms with Gasteiger partial charge in [-0.25, -0.2) is 4.79 Å². The molecule has 0 amide bonds. The minimum absolute atomic E-state index is 0.0935. The Bertz CT molecular complexity index is 223. The van der Waals surface area contributed by atoms with Crippen molar-refractivity contribution in [3.05, 3.63) is 12.7 Å². The van der Waals surface area contributed by atoms with E-state index >= 15 is 0 Å². The minimum atomic E-state index is -0.640. The first-order valence-electron chi connectivity index (χ1n) is 5.09. The van der Waals surface area contributed by atoms with Gasteiger partial charge in [-0.3, -0.25) is 4.79 Å². The van der Waals surface area contributed by atoms with Crippen LogP contribution in [0.5, 0.6) is 0 Å². The second-order valence-electron chi connectivity index (χ2n) is 2.91. The van der Waals surface area contributed by atoms with Crippen molar-refractivity contribution in [2.45, 2.75) is 32.8 Å². The third kappa shape index (κ3) is 6.01. The minimum Gasteiger partial charge on any atom is -0.464 e. The predicted molar refractivity (Wildman–Crippen MR) is 56.5 cm³/mol. The summed E-state index contributed by atoms with van der Waals surface area (Å²) >= 11 is 0. The number of hydrogen-bond acceptors (Lipinski definition) is 4. The fraction of sp³-hybridized carbons (Fsp3) is 0.636. The molecule has 0 rings (SSSR count). The molecule has 0 aliphatic rings. The van der Waals surface area contributed by atoms with Crippen molar-refractivity contribution in [2.24, 2.45) is 0 Å². The number of carbonyl (C=O) groups excluding carboxylic acids is 2. The third-order valence-electron chi connectivity index (χ3n) is 1.80. The van der Waals surface area contributed by atoms with Crippen molar-refractivity contribution in [1.82, 2.24) is 0 Å².